The van der Waals surface area contributed by atoms with Crippen LogP contribution in [0.1, 0.15) is 21.6 Å². The van der Waals surface area contributed by atoms with Crippen molar-refractivity contribution in [1.82, 2.24) is 0 Å². The van der Waals surface area contributed by atoms with Crippen LogP contribution in [0.2, 0.25) is 0 Å². The molecular weight excluding hydrogens is 240 g/mol. The summed E-state index contributed by atoms with van der Waals surface area (Å²) in [4.78, 5) is 0.914. The number of hydrogen-bond acceptors (Lipinski definition) is 3. The lowest BCUT2D eigenvalue weighted by Gasteiger charge is -2.11. The van der Waals surface area contributed by atoms with Gasteiger partial charge >= 0.3 is 0 Å². The Balaban J connectivity index is 2.66. The molecule has 0 atom stereocenters. The Labute approximate surface area is 111 Å². The van der Waals surface area contributed by atoms with E-state index in [4.69, 9.17) is 5.73 Å². The largest absolute Gasteiger partial charge is 0.397 e. The first-order chi connectivity index (χ1) is 8.65. The van der Waals surface area contributed by atoms with E-state index in [0.717, 1.165) is 21.6 Å². The second kappa shape index (κ2) is 5.07. The number of thiophene rings is 1. The molecular formula is C15H14N2S. The van der Waals surface area contributed by atoms with E-state index in [1.165, 1.54) is 11.3 Å². The Morgan fingerprint density at radius 3 is 2.33 bits per heavy atom. The van der Waals surface area contributed by atoms with E-state index in [-0.39, 0.29) is 0 Å². The molecule has 0 spiro atoms. The summed E-state index contributed by atoms with van der Waals surface area (Å²) in [5, 5.41) is 11.3. The standard InChI is InChI=1S/C15H14N2S/c1-10-5-3-6-11(2)14(10)15(17)12(9-16)13-7-4-8-18-13/h3-8H,17H2,1-2H3/b15-12+. The zero-order valence-electron chi connectivity index (χ0n) is 10.4. The van der Waals surface area contributed by atoms with Crippen molar-refractivity contribution in [3.63, 3.8) is 0 Å². The maximum atomic E-state index is 9.33. The van der Waals surface area contributed by atoms with Crippen LogP contribution < -0.4 is 5.73 Å². The first-order valence-corrected chi connectivity index (χ1v) is 6.53. The fourth-order valence-corrected chi connectivity index (χ4v) is 2.77. The summed E-state index contributed by atoms with van der Waals surface area (Å²) in [5.41, 5.74) is 10.5. The van der Waals surface area contributed by atoms with Crippen molar-refractivity contribution in [2.45, 2.75) is 13.8 Å². The van der Waals surface area contributed by atoms with Crippen LogP contribution in [0.5, 0.6) is 0 Å². The number of rotatable bonds is 2. The molecule has 0 radical (unpaired) electrons. The minimum absolute atomic E-state index is 0.558. The molecule has 3 heteroatoms. The third-order valence-electron chi connectivity index (χ3n) is 2.90. The van der Waals surface area contributed by atoms with Gasteiger partial charge in [0.05, 0.1) is 11.3 Å². The van der Waals surface area contributed by atoms with Crippen LogP contribution in [0.3, 0.4) is 0 Å². The maximum Gasteiger partial charge on any atom is 0.103 e. The molecule has 1 aromatic heterocycles. The average Bonchev–Trinajstić information content (AvgIpc) is 2.83. The van der Waals surface area contributed by atoms with Crippen LogP contribution in [0.15, 0.2) is 35.7 Å². The van der Waals surface area contributed by atoms with Gasteiger partial charge in [0.25, 0.3) is 0 Å². The SMILES string of the molecule is Cc1cccc(C)c1/C(N)=C(/C#N)c1cccs1. The van der Waals surface area contributed by atoms with Gasteiger partial charge in [0.1, 0.15) is 6.07 Å². The molecule has 2 N–H and O–H groups in total. The van der Waals surface area contributed by atoms with Crippen molar-refractivity contribution in [1.29, 1.82) is 5.26 Å². The highest BCUT2D eigenvalue weighted by Crippen LogP contribution is 2.28. The van der Waals surface area contributed by atoms with Crippen molar-refractivity contribution in [2.75, 3.05) is 0 Å². The molecule has 1 heterocycles. The van der Waals surface area contributed by atoms with Crippen LogP contribution in [0, 0.1) is 25.2 Å². The smallest absolute Gasteiger partial charge is 0.103 e. The van der Waals surface area contributed by atoms with E-state index in [9.17, 15) is 5.26 Å². The van der Waals surface area contributed by atoms with Gasteiger partial charge in [0, 0.05) is 10.4 Å². The molecule has 2 aromatic rings. The van der Waals surface area contributed by atoms with Crippen molar-refractivity contribution in [3.8, 4) is 6.07 Å². The Hall–Kier alpha value is -2.05. The predicted molar refractivity (Wildman–Crippen MR) is 76.8 cm³/mol. The second-order valence-corrected chi connectivity index (χ2v) is 5.09. The van der Waals surface area contributed by atoms with E-state index < -0.39 is 0 Å². The lowest BCUT2D eigenvalue weighted by Crippen LogP contribution is -2.04. The number of allylic oxidation sites excluding steroid dienone is 1. The maximum absolute atomic E-state index is 9.33. The van der Waals surface area contributed by atoms with Gasteiger partial charge in [0.15, 0.2) is 0 Å². The molecule has 0 bridgehead atoms. The molecule has 0 amide bonds. The summed E-state index contributed by atoms with van der Waals surface area (Å²) in [6, 6.07) is 12.1. The normalized spacial score (nSPS) is 11.8. The Morgan fingerprint density at radius 2 is 1.83 bits per heavy atom. The number of hydrogen-bond donors (Lipinski definition) is 1. The highest BCUT2D eigenvalue weighted by Gasteiger charge is 2.12. The molecule has 90 valence electrons. The fourth-order valence-electron chi connectivity index (χ4n) is 2.03. The molecule has 0 fully saturated rings. The lowest BCUT2D eigenvalue weighted by atomic mass is 9.97. The van der Waals surface area contributed by atoms with Crippen LogP contribution in [-0.4, -0.2) is 0 Å². The Bertz CT molecular complexity index is 611. The summed E-state index contributed by atoms with van der Waals surface area (Å²) in [5.74, 6) is 0. The van der Waals surface area contributed by atoms with Crippen molar-refractivity contribution in [3.05, 3.63) is 57.3 Å². The summed E-state index contributed by atoms with van der Waals surface area (Å²) < 4.78 is 0. The molecule has 0 unspecified atom stereocenters. The third kappa shape index (κ3) is 2.15. The number of nitrogens with zero attached hydrogens (tertiary/aromatic N) is 1. The third-order valence-corrected chi connectivity index (χ3v) is 3.79. The van der Waals surface area contributed by atoms with E-state index >= 15 is 0 Å². The number of benzene rings is 1. The lowest BCUT2D eigenvalue weighted by molar-refractivity contribution is 1.32. The van der Waals surface area contributed by atoms with Crippen molar-refractivity contribution < 1.29 is 0 Å². The Morgan fingerprint density at radius 1 is 1.17 bits per heavy atom. The first kappa shape index (κ1) is 12.4. The highest BCUT2D eigenvalue weighted by atomic mass is 32.1. The molecule has 0 aliphatic carbocycles. The fraction of sp³-hybridized carbons (Fsp3) is 0.133. The van der Waals surface area contributed by atoms with Crippen LogP contribution in [0.25, 0.3) is 11.3 Å². The minimum atomic E-state index is 0.558. The number of nitriles is 1. The average molecular weight is 254 g/mol. The minimum Gasteiger partial charge on any atom is -0.397 e. The molecule has 2 nitrogen and oxygen atoms in total. The molecule has 0 aliphatic rings. The van der Waals surface area contributed by atoms with Gasteiger partial charge in [-0.25, -0.2) is 0 Å². The van der Waals surface area contributed by atoms with E-state index in [2.05, 4.69) is 6.07 Å². The van der Waals surface area contributed by atoms with Crippen LogP contribution in [0.4, 0.5) is 0 Å². The molecule has 18 heavy (non-hydrogen) atoms. The first-order valence-electron chi connectivity index (χ1n) is 5.65. The van der Waals surface area contributed by atoms with Gasteiger partial charge in [-0.2, -0.15) is 5.26 Å². The summed E-state index contributed by atoms with van der Waals surface area (Å²) in [6.45, 7) is 4.03. The van der Waals surface area contributed by atoms with E-state index in [1.807, 2.05) is 49.6 Å². The molecule has 0 saturated heterocycles. The molecule has 0 aliphatic heterocycles. The van der Waals surface area contributed by atoms with Crippen LogP contribution >= 0.6 is 11.3 Å². The zero-order chi connectivity index (χ0) is 13.1. The number of nitrogens with two attached hydrogens (primary N) is 1. The predicted octanol–water partition coefficient (Wildman–Crippen LogP) is 3.72. The Kier molecular flexibility index (Phi) is 3.50. The topological polar surface area (TPSA) is 49.8 Å². The summed E-state index contributed by atoms with van der Waals surface area (Å²) in [6.07, 6.45) is 0. The van der Waals surface area contributed by atoms with Gasteiger partial charge in [-0.1, -0.05) is 24.3 Å². The summed E-state index contributed by atoms with van der Waals surface area (Å²) >= 11 is 1.53. The van der Waals surface area contributed by atoms with Gasteiger partial charge in [-0.15, -0.1) is 11.3 Å². The van der Waals surface area contributed by atoms with Gasteiger partial charge in [-0.05, 0) is 36.4 Å². The number of aryl methyl sites for hydroxylation is 2. The second-order valence-electron chi connectivity index (χ2n) is 4.14. The molecule has 0 saturated carbocycles. The zero-order valence-corrected chi connectivity index (χ0v) is 11.2. The summed E-state index contributed by atoms with van der Waals surface area (Å²) in [7, 11) is 0. The van der Waals surface area contributed by atoms with E-state index in [1.54, 1.807) is 0 Å². The van der Waals surface area contributed by atoms with E-state index in [0.29, 0.717) is 11.3 Å². The molecule has 2 rings (SSSR count). The highest BCUT2D eigenvalue weighted by molar-refractivity contribution is 7.11. The monoisotopic (exact) mass is 254 g/mol. The van der Waals surface area contributed by atoms with Gasteiger partial charge in [0.2, 0.25) is 0 Å². The quantitative estimate of drug-likeness (QED) is 0.830. The van der Waals surface area contributed by atoms with Gasteiger partial charge < -0.3 is 5.73 Å². The van der Waals surface area contributed by atoms with Crippen molar-refractivity contribution in [2.24, 2.45) is 5.73 Å². The van der Waals surface area contributed by atoms with Crippen LogP contribution in [-0.2, 0) is 0 Å². The van der Waals surface area contributed by atoms with Gasteiger partial charge in [-0.3, -0.25) is 0 Å². The van der Waals surface area contributed by atoms with Crippen molar-refractivity contribution >= 4 is 22.6 Å². The molecule has 1 aromatic carbocycles.